The summed E-state index contributed by atoms with van der Waals surface area (Å²) in [7, 11) is 4.55. The fourth-order valence-corrected chi connectivity index (χ4v) is 3.81. The van der Waals surface area contributed by atoms with Crippen LogP contribution in [0, 0.1) is 0 Å². The molecular weight excluding hydrogens is 219 g/mol. The standard InChI is InChI=1S/C12H19N2OP/c1-11(12-9-7-6-8-10-12)16(15,13(2)3)14(4)5/h6-10H,1H2,2-5H3. The van der Waals surface area contributed by atoms with Gasteiger partial charge in [-0.15, -0.1) is 0 Å². The van der Waals surface area contributed by atoms with Crippen LogP contribution in [-0.2, 0) is 4.57 Å². The molecule has 3 nitrogen and oxygen atoms in total. The van der Waals surface area contributed by atoms with Crippen molar-refractivity contribution < 1.29 is 4.57 Å². The van der Waals surface area contributed by atoms with Crippen LogP contribution >= 0.6 is 7.44 Å². The highest BCUT2D eigenvalue weighted by Gasteiger charge is 2.32. The van der Waals surface area contributed by atoms with Crippen LogP contribution in [-0.4, -0.2) is 37.5 Å². The van der Waals surface area contributed by atoms with Crippen LogP contribution in [0.15, 0.2) is 36.9 Å². The number of hydrogen-bond acceptors (Lipinski definition) is 1. The van der Waals surface area contributed by atoms with Crippen LogP contribution in [0.2, 0.25) is 0 Å². The van der Waals surface area contributed by atoms with Crippen LogP contribution < -0.4 is 0 Å². The maximum absolute atomic E-state index is 12.9. The van der Waals surface area contributed by atoms with E-state index in [4.69, 9.17) is 0 Å². The Morgan fingerprint density at radius 2 is 1.50 bits per heavy atom. The normalized spacial score (nSPS) is 12.1. The summed E-state index contributed by atoms with van der Waals surface area (Å²) in [5.74, 6) is 0. The van der Waals surface area contributed by atoms with E-state index in [2.05, 4.69) is 6.58 Å². The Morgan fingerprint density at radius 3 is 1.88 bits per heavy atom. The van der Waals surface area contributed by atoms with Gasteiger partial charge < -0.3 is 0 Å². The van der Waals surface area contributed by atoms with E-state index in [1.807, 2.05) is 58.5 Å². The van der Waals surface area contributed by atoms with Crippen LogP contribution in [0.5, 0.6) is 0 Å². The fraction of sp³-hybridized carbons (Fsp3) is 0.333. The average molecular weight is 238 g/mol. The summed E-state index contributed by atoms with van der Waals surface area (Å²) < 4.78 is 16.3. The van der Waals surface area contributed by atoms with Crippen molar-refractivity contribution in [2.75, 3.05) is 28.2 Å². The van der Waals surface area contributed by atoms with Gasteiger partial charge in [0.1, 0.15) is 0 Å². The quantitative estimate of drug-likeness (QED) is 0.753. The Labute approximate surface area is 97.9 Å². The Morgan fingerprint density at radius 1 is 1.06 bits per heavy atom. The van der Waals surface area contributed by atoms with Gasteiger partial charge in [-0.2, -0.15) is 0 Å². The molecule has 1 aromatic carbocycles. The van der Waals surface area contributed by atoms with Gasteiger partial charge in [-0.05, 0) is 33.8 Å². The Hall–Kier alpha value is -0.890. The molecule has 1 aromatic rings. The number of benzene rings is 1. The third-order valence-electron chi connectivity index (χ3n) is 2.54. The number of hydrogen-bond donors (Lipinski definition) is 0. The van der Waals surface area contributed by atoms with E-state index in [-0.39, 0.29) is 0 Å². The molecule has 1 rings (SSSR count). The molecule has 0 fully saturated rings. The molecule has 0 bridgehead atoms. The van der Waals surface area contributed by atoms with Crippen LogP contribution in [0.4, 0.5) is 0 Å². The Balaban J connectivity index is 3.18. The summed E-state index contributed by atoms with van der Waals surface area (Å²) in [5.41, 5.74) is 0.924. The topological polar surface area (TPSA) is 23.6 Å². The first kappa shape index (κ1) is 13.2. The lowest BCUT2D eigenvalue weighted by molar-refractivity contribution is 0.461. The summed E-state index contributed by atoms with van der Waals surface area (Å²) in [5, 5.41) is 0.670. The lowest BCUT2D eigenvalue weighted by Crippen LogP contribution is -2.21. The maximum atomic E-state index is 12.9. The van der Waals surface area contributed by atoms with Gasteiger partial charge >= 0.3 is 0 Å². The molecule has 0 amide bonds. The molecule has 0 aliphatic rings. The van der Waals surface area contributed by atoms with Crippen molar-refractivity contribution >= 4 is 12.8 Å². The monoisotopic (exact) mass is 238 g/mol. The second-order valence-corrected chi connectivity index (χ2v) is 7.28. The Bertz CT molecular complexity index is 400. The van der Waals surface area contributed by atoms with Crippen molar-refractivity contribution in [3.05, 3.63) is 42.5 Å². The van der Waals surface area contributed by atoms with E-state index in [9.17, 15) is 4.57 Å². The van der Waals surface area contributed by atoms with Crippen molar-refractivity contribution in [1.82, 2.24) is 9.34 Å². The SMILES string of the molecule is C=C(c1ccccc1)P(=O)(N(C)C)N(C)C. The molecule has 0 radical (unpaired) electrons. The molecule has 0 saturated carbocycles. The van der Waals surface area contributed by atoms with Crippen molar-refractivity contribution in [3.8, 4) is 0 Å². The molecule has 88 valence electrons. The molecule has 0 unspecified atom stereocenters. The van der Waals surface area contributed by atoms with Crippen molar-refractivity contribution in [2.45, 2.75) is 0 Å². The molecule has 0 atom stereocenters. The van der Waals surface area contributed by atoms with Gasteiger partial charge in [-0.1, -0.05) is 36.9 Å². The molecule has 0 aliphatic heterocycles. The van der Waals surface area contributed by atoms with E-state index in [0.717, 1.165) is 5.56 Å². The van der Waals surface area contributed by atoms with Gasteiger partial charge in [-0.3, -0.25) is 4.57 Å². The number of nitrogens with zero attached hydrogens (tertiary/aromatic N) is 2. The van der Waals surface area contributed by atoms with E-state index in [1.54, 1.807) is 9.34 Å². The average Bonchev–Trinajstić information content (AvgIpc) is 2.27. The first-order valence-electron chi connectivity index (χ1n) is 5.11. The lowest BCUT2D eigenvalue weighted by atomic mass is 10.2. The molecule has 0 heterocycles. The van der Waals surface area contributed by atoms with Gasteiger partial charge in [0, 0.05) is 5.31 Å². The maximum Gasteiger partial charge on any atom is 0.244 e. The van der Waals surface area contributed by atoms with E-state index in [0.29, 0.717) is 5.31 Å². The van der Waals surface area contributed by atoms with Crippen LogP contribution in [0.1, 0.15) is 5.56 Å². The molecule has 0 aromatic heterocycles. The van der Waals surface area contributed by atoms with E-state index >= 15 is 0 Å². The first-order valence-corrected chi connectivity index (χ1v) is 6.72. The zero-order valence-electron chi connectivity index (χ0n) is 10.3. The minimum atomic E-state index is -2.70. The minimum absolute atomic E-state index is 0.670. The third-order valence-corrected chi connectivity index (χ3v) is 5.67. The van der Waals surface area contributed by atoms with Gasteiger partial charge in [0.15, 0.2) is 0 Å². The predicted molar refractivity (Wildman–Crippen MR) is 70.5 cm³/mol. The van der Waals surface area contributed by atoms with Crippen molar-refractivity contribution in [3.63, 3.8) is 0 Å². The van der Waals surface area contributed by atoms with Gasteiger partial charge in [0.05, 0.1) is 0 Å². The van der Waals surface area contributed by atoms with Crippen LogP contribution in [0.3, 0.4) is 0 Å². The number of rotatable bonds is 4. The molecule has 0 spiro atoms. The highest BCUT2D eigenvalue weighted by Crippen LogP contribution is 2.60. The molecule has 0 aliphatic carbocycles. The zero-order chi connectivity index (χ0) is 12.3. The summed E-state index contributed by atoms with van der Waals surface area (Å²) >= 11 is 0. The van der Waals surface area contributed by atoms with Gasteiger partial charge in [0.2, 0.25) is 7.44 Å². The highest BCUT2D eigenvalue weighted by molar-refractivity contribution is 7.69. The highest BCUT2D eigenvalue weighted by atomic mass is 31.2. The molecule has 4 heteroatoms. The predicted octanol–water partition coefficient (Wildman–Crippen LogP) is 2.97. The minimum Gasteiger partial charge on any atom is -0.284 e. The largest absolute Gasteiger partial charge is 0.284 e. The van der Waals surface area contributed by atoms with E-state index in [1.165, 1.54) is 0 Å². The first-order chi connectivity index (χ1) is 7.40. The van der Waals surface area contributed by atoms with Crippen molar-refractivity contribution in [1.29, 1.82) is 0 Å². The molecule has 0 N–H and O–H groups in total. The molecule has 0 saturated heterocycles. The van der Waals surface area contributed by atoms with Gasteiger partial charge in [-0.25, -0.2) is 9.34 Å². The second-order valence-electron chi connectivity index (χ2n) is 4.05. The van der Waals surface area contributed by atoms with Crippen LogP contribution in [0.25, 0.3) is 5.31 Å². The Kier molecular flexibility index (Phi) is 4.09. The lowest BCUT2D eigenvalue weighted by Gasteiger charge is -2.32. The molecule has 16 heavy (non-hydrogen) atoms. The third kappa shape index (κ3) is 2.27. The van der Waals surface area contributed by atoms with Crippen molar-refractivity contribution in [2.24, 2.45) is 0 Å². The summed E-state index contributed by atoms with van der Waals surface area (Å²) in [6.45, 7) is 3.99. The van der Waals surface area contributed by atoms with E-state index < -0.39 is 7.44 Å². The zero-order valence-corrected chi connectivity index (χ0v) is 11.2. The second kappa shape index (κ2) is 4.96. The summed E-state index contributed by atoms with van der Waals surface area (Å²) in [4.78, 5) is 0. The van der Waals surface area contributed by atoms with Gasteiger partial charge in [0.25, 0.3) is 0 Å². The summed E-state index contributed by atoms with van der Waals surface area (Å²) in [6, 6.07) is 9.66. The molecular formula is C12H19N2OP. The summed E-state index contributed by atoms with van der Waals surface area (Å²) in [6.07, 6.45) is 0. The fourth-order valence-electron chi connectivity index (χ4n) is 1.64. The smallest absolute Gasteiger partial charge is 0.244 e.